The minimum absolute atomic E-state index is 0.298. The Balaban J connectivity index is 1.50. The molecule has 5 rings (SSSR count). The molecule has 2 atom stereocenters. The van der Waals surface area contributed by atoms with Gasteiger partial charge in [-0.15, -0.1) is 0 Å². The summed E-state index contributed by atoms with van der Waals surface area (Å²) in [6, 6.07) is 12.6. The van der Waals surface area contributed by atoms with E-state index in [0.29, 0.717) is 17.8 Å². The number of nitrogens with one attached hydrogen (secondary N) is 3. The van der Waals surface area contributed by atoms with Crippen LogP contribution in [0.25, 0.3) is 39.1 Å². The number of aryl methyl sites for hydroxylation is 1. The molecule has 0 aliphatic carbocycles. The van der Waals surface area contributed by atoms with Gasteiger partial charge in [0.1, 0.15) is 11.4 Å². The summed E-state index contributed by atoms with van der Waals surface area (Å²) in [7, 11) is 0. The van der Waals surface area contributed by atoms with Crippen LogP contribution in [0.2, 0.25) is 0 Å². The van der Waals surface area contributed by atoms with Crippen LogP contribution < -0.4 is 5.32 Å². The maximum atomic E-state index is 9.81. The number of hydrogen-bond acceptors (Lipinski definition) is 4. The molecule has 6 heteroatoms. The zero-order valence-corrected chi connectivity index (χ0v) is 18.0. The van der Waals surface area contributed by atoms with Gasteiger partial charge in [0.25, 0.3) is 0 Å². The summed E-state index contributed by atoms with van der Waals surface area (Å²) >= 11 is 0. The standard InChI is InChI=1S/C25H27N5O/c1-4-16-11-19(31)6-8-20(16)17-5-7-21-22(12-17)29-30-24(21)25-26-13-23(28-25)18-9-14(2)27-15(3)10-18/h5-9,11-15,27,31H,4,10H2,1-3H3,(H,26,28)(H,29,30)/t14-,15+/m1/s1. The first-order valence-electron chi connectivity index (χ1n) is 10.8. The highest BCUT2D eigenvalue weighted by molar-refractivity contribution is 5.94. The van der Waals surface area contributed by atoms with Crippen LogP contribution >= 0.6 is 0 Å². The summed E-state index contributed by atoms with van der Waals surface area (Å²) in [6.45, 7) is 6.47. The Hall–Kier alpha value is -3.38. The Kier molecular flexibility index (Phi) is 4.87. The Labute approximate surface area is 181 Å². The average molecular weight is 414 g/mol. The second-order valence-corrected chi connectivity index (χ2v) is 8.43. The van der Waals surface area contributed by atoms with Crippen molar-refractivity contribution in [3.8, 4) is 28.4 Å². The minimum Gasteiger partial charge on any atom is -0.508 e. The lowest BCUT2D eigenvalue weighted by Crippen LogP contribution is -2.36. The van der Waals surface area contributed by atoms with Gasteiger partial charge in [0.15, 0.2) is 5.82 Å². The SMILES string of the molecule is CCc1cc(O)ccc1-c1ccc2c(-c3ncc(C4=C[C@@H](C)N[C@@H](C)C4)[nH]3)n[nH]c2c1. The van der Waals surface area contributed by atoms with Gasteiger partial charge < -0.3 is 15.4 Å². The van der Waals surface area contributed by atoms with E-state index in [1.54, 1.807) is 6.07 Å². The van der Waals surface area contributed by atoms with Crippen LogP contribution in [-0.4, -0.2) is 37.4 Å². The molecule has 0 unspecified atom stereocenters. The molecule has 0 fully saturated rings. The molecule has 0 bridgehead atoms. The van der Waals surface area contributed by atoms with Gasteiger partial charge in [-0.25, -0.2) is 4.98 Å². The maximum absolute atomic E-state index is 9.81. The predicted molar refractivity (Wildman–Crippen MR) is 125 cm³/mol. The smallest absolute Gasteiger partial charge is 0.159 e. The summed E-state index contributed by atoms with van der Waals surface area (Å²) in [5, 5.41) is 22.1. The molecule has 1 aliphatic heterocycles. The van der Waals surface area contributed by atoms with Crippen molar-refractivity contribution in [3.63, 3.8) is 0 Å². The molecule has 4 N–H and O–H groups in total. The molecule has 1 aliphatic rings. The highest BCUT2D eigenvalue weighted by atomic mass is 16.3. The van der Waals surface area contributed by atoms with Crippen LogP contribution in [-0.2, 0) is 6.42 Å². The number of benzene rings is 2. The number of phenolic OH excluding ortho intramolecular Hbond substituents is 1. The number of phenols is 1. The molecule has 2 aromatic carbocycles. The molecule has 6 nitrogen and oxygen atoms in total. The third kappa shape index (κ3) is 3.64. The summed E-state index contributed by atoms with van der Waals surface area (Å²) in [4.78, 5) is 8.10. The van der Waals surface area contributed by atoms with E-state index in [1.165, 1.54) is 5.57 Å². The first-order valence-corrected chi connectivity index (χ1v) is 10.8. The molecule has 4 aromatic rings. The Morgan fingerprint density at radius 2 is 2.00 bits per heavy atom. The van der Waals surface area contributed by atoms with E-state index in [4.69, 9.17) is 0 Å². The van der Waals surface area contributed by atoms with Crippen LogP contribution in [0.15, 0.2) is 48.7 Å². The van der Waals surface area contributed by atoms with Crippen molar-refractivity contribution in [2.45, 2.75) is 45.7 Å². The van der Waals surface area contributed by atoms with E-state index in [2.05, 4.69) is 70.5 Å². The molecule has 2 aromatic heterocycles. The van der Waals surface area contributed by atoms with E-state index < -0.39 is 0 Å². The number of hydrogen-bond donors (Lipinski definition) is 4. The van der Waals surface area contributed by atoms with Crippen molar-refractivity contribution in [2.75, 3.05) is 0 Å². The monoisotopic (exact) mass is 413 g/mol. The number of imidazole rings is 1. The van der Waals surface area contributed by atoms with Gasteiger partial charge in [-0.1, -0.05) is 25.1 Å². The van der Waals surface area contributed by atoms with E-state index in [0.717, 1.165) is 57.6 Å². The van der Waals surface area contributed by atoms with Crippen LogP contribution in [0.1, 0.15) is 38.4 Å². The zero-order valence-electron chi connectivity index (χ0n) is 18.0. The van der Waals surface area contributed by atoms with Crippen LogP contribution in [0, 0.1) is 0 Å². The summed E-state index contributed by atoms with van der Waals surface area (Å²) in [5.41, 5.74) is 7.48. The summed E-state index contributed by atoms with van der Waals surface area (Å²) in [6.07, 6.45) is 6.00. The second-order valence-electron chi connectivity index (χ2n) is 8.43. The van der Waals surface area contributed by atoms with Gasteiger partial charge in [0, 0.05) is 17.5 Å². The lowest BCUT2D eigenvalue weighted by Gasteiger charge is -2.25. The van der Waals surface area contributed by atoms with Crippen molar-refractivity contribution in [1.29, 1.82) is 0 Å². The first kappa shape index (κ1) is 19.6. The fourth-order valence-corrected chi connectivity index (χ4v) is 4.58. The van der Waals surface area contributed by atoms with Gasteiger partial charge in [-0.3, -0.25) is 5.10 Å². The van der Waals surface area contributed by atoms with Gasteiger partial charge in [-0.05, 0) is 73.2 Å². The van der Waals surface area contributed by atoms with Gasteiger partial charge in [0.05, 0.1) is 17.4 Å². The van der Waals surface area contributed by atoms with E-state index >= 15 is 0 Å². The van der Waals surface area contributed by atoms with Crippen molar-refractivity contribution >= 4 is 16.5 Å². The Morgan fingerprint density at radius 3 is 2.81 bits per heavy atom. The van der Waals surface area contributed by atoms with Gasteiger partial charge in [0.2, 0.25) is 0 Å². The Bertz CT molecular complexity index is 1280. The molecule has 0 amide bonds. The molecule has 31 heavy (non-hydrogen) atoms. The highest BCUT2D eigenvalue weighted by Crippen LogP contribution is 2.33. The number of fused-ring (bicyclic) bond motifs is 1. The topological polar surface area (TPSA) is 89.6 Å². The van der Waals surface area contributed by atoms with Crippen molar-refractivity contribution in [2.24, 2.45) is 0 Å². The number of H-pyrrole nitrogens is 2. The maximum Gasteiger partial charge on any atom is 0.159 e. The number of nitrogens with zero attached hydrogens (tertiary/aromatic N) is 2. The van der Waals surface area contributed by atoms with Crippen LogP contribution in [0.5, 0.6) is 5.75 Å². The fraction of sp³-hybridized carbons (Fsp3) is 0.280. The molecule has 158 valence electrons. The highest BCUT2D eigenvalue weighted by Gasteiger charge is 2.19. The average Bonchev–Trinajstić information content (AvgIpc) is 3.39. The lowest BCUT2D eigenvalue weighted by molar-refractivity contribution is 0.474. The fourth-order valence-electron chi connectivity index (χ4n) is 4.58. The van der Waals surface area contributed by atoms with E-state index in [1.807, 2.05) is 18.3 Å². The number of aromatic nitrogens is 4. The third-order valence-electron chi connectivity index (χ3n) is 6.01. The van der Waals surface area contributed by atoms with E-state index in [9.17, 15) is 5.11 Å². The van der Waals surface area contributed by atoms with Crippen molar-refractivity contribution < 1.29 is 5.11 Å². The van der Waals surface area contributed by atoms with Crippen molar-refractivity contribution in [1.82, 2.24) is 25.5 Å². The van der Waals surface area contributed by atoms with E-state index in [-0.39, 0.29) is 0 Å². The molecule has 0 radical (unpaired) electrons. The van der Waals surface area contributed by atoms with Gasteiger partial charge >= 0.3 is 0 Å². The van der Waals surface area contributed by atoms with Crippen LogP contribution in [0.4, 0.5) is 0 Å². The molecular weight excluding hydrogens is 386 g/mol. The first-order chi connectivity index (χ1) is 15.0. The summed E-state index contributed by atoms with van der Waals surface area (Å²) < 4.78 is 0. The molecule has 0 saturated carbocycles. The second kappa shape index (κ2) is 7.71. The molecule has 0 spiro atoms. The largest absolute Gasteiger partial charge is 0.508 e. The molecular formula is C25H27N5O. The third-order valence-corrected chi connectivity index (χ3v) is 6.01. The number of aromatic hydroxyl groups is 1. The van der Waals surface area contributed by atoms with Crippen LogP contribution in [0.3, 0.4) is 0 Å². The quantitative estimate of drug-likeness (QED) is 0.377. The molecule has 0 saturated heterocycles. The predicted octanol–water partition coefficient (Wildman–Crippen LogP) is 5.04. The van der Waals surface area contributed by atoms with Crippen molar-refractivity contribution in [3.05, 3.63) is 59.9 Å². The lowest BCUT2D eigenvalue weighted by atomic mass is 9.97. The number of rotatable bonds is 4. The molecule has 3 heterocycles. The number of aromatic amines is 2. The summed E-state index contributed by atoms with van der Waals surface area (Å²) in [5.74, 6) is 1.07. The Morgan fingerprint density at radius 1 is 1.13 bits per heavy atom. The normalized spacial score (nSPS) is 19.0. The minimum atomic E-state index is 0.298. The van der Waals surface area contributed by atoms with Gasteiger partial charge in [-0.2, -0.15) is 5.10 Å². The zero-order chi connectivity index (χ0) is 21.5.